The van der Waals surface area contributed by atoms with Gasteiger partial charge in [0, 0.05) is 5.38 Å². The van der Waals surface area contributed by atoms with Gasteiger partial charge >= 0.3 is 0 Å². The monoisotopic (exact) mass is 225 g/mol. The summed E-state index contributed by atoms with van der Waals surface area (Å²) in [7, 11) is 0. The molecule has 2 unspecified atom stereocenters. The van der Waals surface area contributed by atoms with Gasteiger partial charge in [0.05, 0.1) is 17.2 Å². The molecule has 0 saturated carbocycles. The lowest BCUT2D eigenvalue weighted by molar-refractivity contribution is 0.0993. The van der Waals surface area contributed by atoms with Gasteiger partial charge in [-0.25, -0.2) is 4.98 Å². The number of nitrogens with zero attached hydrogens (tertiary/aromatic N) is 2. The summed E-state index contributed by atoms with van der Waals surface area (Å²) in [6.07, 6.45) is 2.52. The van der Waals surface area contributed by atoms with Crippen molar-refractivity contribution in [1.82, 2.24) is 9.88 Å². The fourth-order valence-electron chi connectivity index (χ4n) is 2.55. The first-order chi connectivity index (χ1) is 7.36. The number of piperidine rings is 1. The molecule has 0 aliphatic carbocycles. The number of hydrogen-bond donors (Lipinski definition) is 1. The Morgan fingerprint density at radius 2 is 2.53 bits per heavy atom. The van der Waals surface area contributed by atoms with Crippen LogP contribution in [0.3, 0.4) is 0 Å². The lowest BCUT2D eigenvalue weighted by atomic mass is 9.87. The van der Waals surface area contributed by atoms with E-state index >= 15 is 0 Å². The highest BCUT2D eigenvalue weighted by molar-refractivity contribution is 7.07. The molecule has 3 nitrogen and oxygen atoms in total. The minimum atomic E-state index is 0.458. The van der Waals surface area contributed by atoms with E-state index in [2.05, 4.69) is 22.2 Å². The molecule has 1 aromatic heterocycles. The van der Waals surface area contributed by atoms with Gasteiger partial charge in [0.15, 0.2) is 0 Å². The summed E-state index contributed by atoms with van der Waals surface area (Å²) in [6.45, 7) is 5.28. The lowest BCUT2D eigenvalue weighted by Crippen LogP contribution is -2.41. The van der Waals surface area contributed by atoms with Crippen LogP contribution in [0.15, 0.2) is 10.9 Å². The standard InChI is InChI=1S/C11H19N3S/c1-2-14-5-3-4-9(6-12)11(14)10-7-15-8-13-10/h7-9,11H,2-6,12H2,1H3. The Balaban J connectivity index is 2.20. The van der Waals surface area contributed by atoms with Gasteiger partial charge in [-0.1, -0.05) is 6.92 Å². The maximum Gasteiger partial charge on any atom is 0.0795 e. The van der Waals surface area contributed by atoms with Crippen LogP contribution in [0.5, 0.6) is 0 Å². The third kappa shape index (κ3) is 2.22. The van der Waals surface area contributed by atoms with Crippen LogP contribution in [-0.4, -0.2) is 29.5 Å². The van der Waals surface area contributed by atoms with E-state index in [0.29, 0.717) is 12.0 Å². The molecule has 2 N–H and O–H groups in total. The van der Waals surface area contributed by atoms with E-state index in [4.69, 9.17) is 5.73 Å². The number of nitrogens with two attached hydrogens (primary N) is 1. The summed E-state index contributed by atoms with van der Waals surface area (Å²) in [6, 6.07) is 0.458. The highest BCUT2D eigenvalue weighted by Crippen LogP contribution is 2.34. The molecule has 2 rings (SSSR count). The highest BCUT2D eigenvalue weighted by Gasteiger charge is 2.31. The van der Waals surface area contributed by atoms with Gasteiger partial charge in [-0.2, -0.15) is 0 Å². The van der Waals surface area contributed by atoms with E-state index in [9.17, 15) is 0 Å². The van der Waals surface area contributed by atoms with Gasteiger partial charge in [-0.05, 0) is 38.4 Å². The predicted octanol–water partition coefficient (Wildman–Crippen LogP) is 1.87. The minimum absolute atomic E-state index is 0.458. The maximum atomic E-state index is 5.87. The van der Waals surface area contributed by atoms with E-state index in [1.54, 1.807) is 11.3 Å². The van der Waals surface area contributed by atoms with Crippen LogP contribution < -0.4 is 5.73 Å². The van der Waals surface area contributed by atoms with Crippen molar-refractivity contribution in [2.24, 2.45) is 11.7 Å². The van der Waals surface area contributed by atoms with Gasteiger partial charge in [-0.3, -0.25) is 4.90 Å². The number of likely N-dealkylation sites (tertiary alicyclic amines) is 1. The Kier molecular flexibility index (Phi) is 3.72. The molecule has 2 atom stereocenters. The van der Waals surface area contributed by atoms with Crippen molar-refractivity contribution in [3.63, 3.8) is 0 Å². The summed E-state index contributed by atoms with van der Waals surface area (Å²) in [5.41, 5.74) is 9.01. The number of hydrogen-bond acceptors (Lipinski definition) is 4. The van der Waals surface area contributed by atoms with E-state index in [0.717, 1.165) is 13.1 Å². The van der Waals surface area contributed by atoms with Crippen molar-refractivity contribution in [3.8, 4) is 0 Å². The Labute approximate surface area is 95.3 Å². The zero-order valence-electron chi connectivity index (χ0n) is 9.22. The van der Waals surface area contributed by atoms with Crippen molar-refractivity contribution in [2.45, 2.75) is 25.8 Å². The second-order valence-electron chi connectivity index (χ2n) is 4.12. The summed E-state index contributed by atoms with van der Waals surface area (Å²) < 4.78 is 0. The molecule has 1 aromatic rings. The zero-order valence-corrected chi connectivity index (χ0v) is 10.0. The Morgan fingerprint density at radius 3 is 3.13 bits per heavy atom. The highest BCUT2D eigenvalue weighted by atomic mass is 32.1. The van der Waals surface area contributed by atoms with Gasteiger partial charge in [0.2, 0.25) is 0 Å². The number of rotatable bonds is 3. The third-order valence-electron chi connectivity index (χ3n) is 3.32. The molecule has 0 bridgehead atoms. The summed E-state index contributed by atoms with van der Waals surface area (Å²) >= 11 is 1.68. The van der Waals surface area contributed by atoms with Crippen molar-refractivity contribution in [2.75, 3.05) is 19.6 Å². The Morgan fingerprint density at radius 1 is 1.67 bits per heavy atom. The third-order valence-corrected chi connectivity index (χ3v) is 3.93. The van der Waals surface area contributed by atoms with Crippen molar-refractivity contribution in [1.29, 1.82) is 0 Å². The van der Waals surface area contributed by atoms with Crippen molar-refractivity contribution < 1.29 is 0 Å². The predicted molar refractivity (Wildman–Crippen MR) is 63.9 cm³/mol. The van der Waals surface area contributed by atoms with Gasteiger partial charge in [0.25, 0.3) is 0 Å². The first-order valence-electron chi connectivity index (χ1n) is 5.69. The smallest absolute Gasteiger partial charge is 0.0795 e. The van der Waals surface area contributed by atoms with E-state index in [1.165, 1.54) is 25.1 Å². The first-order valence-corrected chi connectivity index (χ1v) is 6.63. The molecule has 0 aromatic carbocycles. The van der Waals surface area contributed by atoms with Crippen LogP contribution >= 0.6 is 11.3 Å². The van der Waals surface area contributed by atoms with Crippen LogP contribution in [0.4, 0.5) is 0 Å². The summed E-state index contributed by atoms with van der Waals surface area (Å²) in [5.74, 6) is 0.584. The lowest BCUT2D eigenvalue weighted by Gasteiger charge is -2.39. The second kappa shape index (κ2) is 5.05. The molecule has 1 aliphatic rings. The molecular weight excluding hydrogens is 206 g/mol. The maximum absolute atomic E-state index is 5.87. The fraction of sp³-hybridized carbons (Fsp3) is 0.727. The van der Waals surface area contributed by atoms with Gasteiger partial charge in [0.1, 0.15) is 0 Å². The average molecular weight is 225 g/mol. The molecular formula is C11H19N3S. The molecule has 84 valence electrons. The van der Waals surface area contributed by atoms with E-state index in [1.807, 2.05) is 5.51 Å². The van der Waals surface area contributed by atoms with Crippen LogP contribution in [0.1, 0.15) is 31.5 Å². The second-order valence-corrected chi connectivity index (χ2v) is 4.84. The van der Waals surface area contributed by atoms with Crippen LogP contribution in [0.25, 0.3) is 0 Å². The van der Waals surface area contributed by atoms with Crippen molar-refractivity contribution >= 4 is 11.3 Å². The quantitative estimate of drug-likeness (QED) is 0.854. The molecule has 1 aliphatic heterocycles. The van der Waals surface area contributed by atoms with E-state index in [-0.39, 0.29) is 0 Å². The number of thiazole rings is 1. The van der Waals surface area contributed by atoms with Crippen molar-refractivity contribution in [3.05, 3.63) is 16.6 Å². The Hall–Kier alpha value is -0.450. The number of aromatic nitrogens is 1. The van der Waals surface area contributed by atoms with Crippen LogP contribution in [0.2, 0.25) is 0 Å². The first kappa shape index (κ1) is 11.0. The van der Waals surface area contributed by atoms with Crippen LogP contribution in [0, 0.1) is 5.92 Å². The molecule has 0 radical (unpaired) electrons. The summed E-state index contributed by atoms with van der Waals surface area (Å²) in [5, 5.41) is 2.17. The zero-order chi connectivity index (χ0) is 10.7. The topological polar surface area (TPSA) is 42.1 Å². The van der Waals surface area contributed by atoms with E-state index < -0.39 is 0 Å². The molecule has 0 spiro atoms. The summed E-state index contributed by atoms with van der Waals surface area (Å²) in [4.78, 5) is 6.97. The molecule has 2 heterocycles. The van der Waals surface area contributed by atoms with Gasteiger partial charge < -0.3 is 5.73 Å². The molecule has 0 amide bonds. The van der Waals surface area contributed by atoms with Crippen LogP contribution in [-0.2, 0) is 0 Å². The molecule has 15 heavy (non-hydrogen) atoms. The molecule has 4 heteroatoms. The fourth-order valence-corrected chi connectivity index (χ4v) is 3.13. The van der Waals surface area contributed by atoms with Gasteiger partial charge in [-0.15, -0.1) is 11.3 Å². The largest absolute Gasteiger partial charge is 0.330 e. The average Bonchev–Trinajstić information content (AvgIpc) is 2.81. The SMILES string of the molecule is CCN1CCCC(CN)C1c1cscn1. The minimum Gasteiger partial charge on any atom is -0.330 e. The molecule has 1 fully saturated rings. The Bertz CT molecular complexity index is 274. The molecule has 1 saturated heterocycles. The normalized spacial score (nSPS) is 28.1.